The molecule has 1 aromatic carbocycles. The molecule has 0 aliphatic carbocycles. The standard InChI is InChI=1S/C23H22N8O2/c1-33-13-15-9-11-30-19(15)23(32)31(16-6-3-2-4-7-16)22(28-30)18-8-5-10-29(18)21-17(12-24)20(25)26-14-27-21/h2-4,6-7,9,11,14,18H,5,8,10,13H2,1H3,(H2,25,26,27). The molecule has 10 heteroatoms. The second-order valence-corrected chi connectivity index (χ2v) is 7.82. The first-order valence-electron chi connectivity index (χ1n) is 10.6. The van der Waals surface area contributed by atoms with Crippen molar-refractivity contribution in [2.45, 2.75) is 25.5 Å². The third-order valence-corrected chi connectivity index (χ3v) is 5.90. The molecule has 166 valence electrons. The minimum absolute atomic E-state index is 0.131. The van der Waals surface area contributed by atoms with Gasteiger partial charge in [0, 0.05) is 25.4 Å². The van der Waals surface area contributed by atoms with E-state index in [1.54, 1.807) is 22.4 Å². The number of nitrogens with two attached hydrogens (primary N) is 1. The lowest BCUT2D eigenvalue weighted by Crippen LogP contribution is -2.34. The highest BCUT2D eigenvalue weighted by Crippen LogP contribution is 2.37. The van der Waals surface area contributed by atoms with Crippen LogP contribution in [-0.2, 0) is 11.3 Å². The summed E-state index contributed by atoms with van der Waals surface area (Å²) in [6, 6.07) is 13.1. The first-order chi connectivity index (χ1) is 16.1. The summed E-state index contributed by atoms with van der Waals surface area (Å²) in [5.74, 6) is 1.15. The molecule has 1 unspecified atom stereocenters. The van der Waals surface area contributed by atoms with Crippen LogP contribution in [0.4, 0.5) is 11.6 Å². The van der Waals surface area contributed by atoms with Gasteiger partial charge in [-0.2, -0.15) is 10.4 Å². The fourth-order valence-electron chi connectivity index (χ4n) is 4.46. The Labute approximate surface area is 189 Å². The molecule has 0 saturated carbocycles. The Morgan fingerprint density at radius 1 is 1.24 bits per heavy atom. The molecule has 1 aliphatic heterocycles. The van der Waals surface area contributed by atoms with Gasteiger partial charge in [0.2, 0.25) is 0 Å². The van der Waals surface area contributed by atoms with Gasteiger partial charge in [-0.25, -0.2) is 14.5 Å². The first-order valence-corrected chi connectivity index (χ1v) is 10.6. The number of fused-ring (bicyclic) bond motifs is 1. The van der Waals surface area contributed by atoms with Gasteiger partial charge >= 0.3 is 0 Å². The van der Waals surface area contributed by atoms with Crippen molar-refractivity contribution in [3.8, 4) is 11.8 Å². The largest absolute Gasteiger partial charge is 0.382 e. The van der Waals surface area contributed by atoms with E-state index in [-0.39, 0.29) is 23.0 Å². The third kappa shape index (κ3) is 3.39. The summed E-state index contributed by atoms with van der Waals surface area (Å²) >= 11 is 0. The molecule has 33 heavy (non-hydrogen) atoms. The van der Waals surface area contributed by atoms with Crippen molar-refractivity contribution in [3.05, 3.63) is 76.2 Å². The molecule has 1 fully saturated rings. The van der Waals surface area contributed by atoms with Gasteiger partial charge in [-0.15, -0.1) is 0 Å². The van der Waals surface area contributed by atoms with Crippen molar-refractivity contribution in [2.75, 3.05) is 24.3 Å². The molecular weight excluding hydrogens is 420 g/mol. The Balaban J connectivity index is 1.75. The molecule has 0 amide bonds. The van der Waals surface area contributed by atoms with Crippen molar-refractivity contribution in [1.29, 1.82) is 5.26 Å². The van der Waals surface area contributed by atoms with Crippen LogP contribution < -0.4 is 16.2 Å². The molecule has 3 aromatic heterocycles. The summed E-state index contributed by atoms with van der Waals surface area (Å²) in [6.07, 6.45) is 4.71. The molecule has 2 N–H and O–H groups in total. The van der Waals surface area contributed by atoms with E-state index in [1.807, 2.05) is 41.3 Å². The summed E-state index contributed by atoms with van der Waals surface area (Å²) in [5.41, 5.74) is 7.94. The molecule has 4 heterocycles. The quantitative estimate of drug-likeness (QED) is 0.498. The lowest BCUT2D eigenvalue weighted by molar-refractivity contribution is 0.186. The molecule has 5 rings (SSSR count). The van der Waals surface area contributed by atoms with E-state index in [1.165, 1.54) is 6.33 Å². The molecule has 1 saturated heterocycles. The maximum Gasteiger partial charge on any atom is 0.282 e. The van der Waals surface area contributed by atoms with Crippen LogP contribution in [0.15, 0.2) is 53.7 Å². The van der Waals surface area contributed by atoms with Crippen LogP contribution in [0.5, 0.6) is 0 Å². The smallest absolute Gasteiger partial charge is 0.282 e. The van der Waals surface area contributed by atoms with Crippen molar-refractivity contribution < 1.29 is 4.74 Å². The predicted octanol–water partition coefficient (Wildman–Crippen LogP) is 2.22. The number of rotatable bonds is 5. The van der Waals surface area contributed by atoms with Crippen LogP contribution in [0, 0.1) is 11.3 Å². The highest BCUT2D eigenvalue weighted by Gasteiger charge is 2.34. The van der Waals surface area contributed by atoms with E-state index in [0.717, 1.165) is 18.4 Å². The van der Waals surface area contributed by atoms with Crippen molar-refractivity contribution >= 4 is 17.2 Å². The highest BCUT2D eigenvalue weighted by molar-refractivity contribution is 5.64. The number of benzene rings is 1. The zero-order valence-corrected chi connectivity index (χ0v) is 18.0. The van der Waals surface area contributed by atoms with E-state index in [2.05, 4.69) is 16.0 Å². The highest BCUT2D eigenvalue weighted by atomic mass is 16.5. The second kappa shape index (κ2) is 8.37. The van der Waals surface area contributed by atoms with Gasteiger partial charge in [-0.05, 0) is 31.0 Å². The van der Waals surface area contributed by atoms with E-state index in [4.69, 9.17) is 15.6 Å². The van der Waals surface area contributed by atoms with Crippen LogP contribution >= 0.6 is 0 Å². The predicted molar refractivity (Wildman–Crippen MR) is 122 cm³/mol. The number of ether oxygens (including phenoxy) is 1. The number of para-hydroxylation sites is 1. The minimum atomic E-state index is -0.281. The van der Waals surface area contributed by atoms with E-state index in [0.29, 0.717) is 36.0 Å². The Bertz CT molecular complexity index is 1420. The second-order valence-electron chi connectivity index (χ2n) is 7.82. The number of methoxy groups -OCH3 is 1. The van der Waals surface area contributed by atoms with E-state index >= 15 is 0 Å². The molecule has 4 aromatic rings. The fraction of sp³-hybridized carbons (Fsp3) is 0.261. The van der Waals surface area contributed by atoms with Gasteiger partial charge in [0.1, 0.15) is 29.3 Å². The van der Waals surface area contributed by atoms with E-state index in [9.17, 15) is 10.1 Å². The average molecular weight is 442 g/mol. The number of hydrogen-bond acceptors (Lipinski definition) is 8. The summed E-state index contributed by atoms with van der Waals surface area (Å²) in [7, 11) is 1.59. The average Bonchev–Trinajstić information content (AvgIpc) is 3.47. The number of anilines is 2. The lowest BCUT2D eigenvalue weighted by Gasteiger charge is -2.28. The Morgan fingerprint density at radius 2 is 2.06 bits per heavy atom. The molecule has 0 bridgehead atoms. The van der Waals surface area contributed by atoms with Crippen LogP contribution in [0.25, 0.3) is 11.2 Å². The van der Waals surface area contributed by atoms with Crippen molar-refractivity contribution in [1.82, 2.24) is 24.1 Å². The molecule has 1 atom stereocenters. The lowest BCUT2D eigenvalue weighted by atomic mass is 10.1. The molecule has 1 aliphatic rings. The summed E-state index contributed by atoms with van der Waals surface area (Å²) in [6.45, 7) is 0.960. The summed E-state index contributed by atoms with van der Waals surface area (Å²) < 4.78 is 8.54. The molecule has 0 radical (unpaired) electrons. The molecule has 0 spiro atoms. The summed E-state index contributed by atoms with van der Waals surface area (Å²) in [5, 5.41) is 14.5. The Hall–Kier alpha value is -4.23. The zero-order valence-electron chi connectivity index (χ0n) is 18.0. The number of aromatic nitrogens is 5. The number of nitrogen functional groups attached to an aromatic ring is 1. The van der Waals surface area contributed by atoms with Gasteiger partial charge in [0.05, 0.1) is 18.3 Å². The SMILES string of the molecule is COCc1ccn2nc(C3CCCN3c3ncnc(N)c3C#N)n(-c3ccccc3)c(=O)c12. The maximum absolute atomic E-state index is 13.8. The number of hydrogen-bond donors (Lipinski definition) is 1. The van der Waals surface area contributed by atoms with Gasteiger partial charge in [0.15, 0.2) is 11.6 Å². The van der Waals surface area contributed by atoms with Crippen molar-refractivity contribution in [3.63, 3.8) is 0 Å². The van der Waals surface area contributed by atoms with Crippen LogP contribution in [0.1, 0.15) is 35.8 Å². The van der Waals surface area contributed by atoms with Crippen molar-refractivity contribution in [2.24, 2.45) is 0 Å². The molecule has 10 nitrogen and oxygen atoms in total. The Morgan fingerprint density at radius 3 is 2.82 bits per heavy atom. The fourth-order valence-corrected chi connectivity index (χ4v) is 4.46. The van der Waals surface area contributed by atoms with Gasteiger partial charge in [-0.3, -0.25) is 9.36 Å². The monoisotopic (exact) mass is 442 g/mol. The van der Waals surface area contributed by atoms with Gasteiger partial charge in [0.25, 0.3) is 5.56 Å². The minimum Gasteiger partial charge on any atom is -0.382 e. The van der Waals surface area contributed by atoms with Crippen LogP contribution in [0.2, 0.25) is 0 Å². The van der Waals surface area contributed by atoms with Gasteiger partial charge < -0.3 is 15.4 Å². The topological polar surface area (TPSA) is 127 Å². The van der Waals surface area contributed by atoms with E-state index < -0.39 is 0 Å². The molecular formula is C23H22N8O2. The third-order valence-electron chi connectivity index (χ3n) is 5.90. The van der Waals surface area contributed by atoms with Crippen LogP contribution in [-0.4, -0.2) is 37.8 Å². The zero-order chi connectivity index (χ0) is 22.9. The number of nitriles is 1. The number of nitrogens with zero attached hydrogens (tertiary/aromatic N) is 7. The maximum atomic E-state index is 13.8. The van der Waals surface area contributed by atoms with Gasteiger partial charge in [-0.1, -0.05) is 18.2 Å². The Kier molecular flexibility index (Phi) is 5.24. The first kappa shape index (κ1) is 20.7. The normalized spacial score (nSPS) is 15.8. The van der Waals surface area contributed by atoms with Crippen LogP contribution in [0.3, 0.4) is 0 Å². The summed E-state index contributed by atoms with van der Waals surface area (Å²) in [4.78, 5) is 24.1.